The molecule has 3 rings (SSSR count). The first-order chi connectivity index (χ1) is 9.88. The zero-order chi connectivity index (χ0) is 15.2. The molecule has 1 aliphatic rings. The number of hydrogen-bond donors (Lipinski definition) is 1. The Bertz CT molecular complexity index is 844. The first kappa shape index (κ1) is 13.8. The summed E-state index contributed by atoms with van der Waals surface area (Å²) in [6, 6.07) is 11.9. The predicted octanol–water partition coefficient (Wildman–Crippen LogP) is 1.59. The third kappa shape index (κ3) is 2.32. The smallest absolute Gasteiger partial charge is 0.254 e. The van der Waals surface area contributed by atoms with Crippen molar-refractivity contribution in [2.75, 3.05) is 7.05 Å². The first-order valence-corrected chi connectivity index (χ1v) is 7.93. The summed E-state index contributed by atoms with van der Waals surface area (Å²) in [6.45, 7) is 0.527. The molecule has 2 N–H and O–H groups in total. The van der Waals surface area contributed by atoms with E-state index in [1.165, 1.54) is 6.07 Å². The molecule has 0 aliphatic carbocycles. The monoisotopic (exact) mass is 302 g/mol. The highest BCUT2D eigenvalue weighted by atomic mass is 32.2. The number of hydrogen-bond acceptors (Lipinski definition) is 3. The lowest BCUT2D eigenvalue weighted by Gasteiger charge is -2.09. The average molecular weight is 302 g/mol. The Labute approximate surface area is 123 Å². The molecule has 0 spiro atoms. The molecule has 0 unspecified atom stereocenters. The van der Waals surface area contributed by atoms with Crippen LogP contribution in [0.5, 0.6) is 0 Å². The minimum Gasteiger partial charge on any atom is -0.337 e. The van der Waals surface area contributed by atoms with Crippen LogP contribution >= 0.6 is 0 Å². The molecule has 0 fully saturated rings. The van der Waals surface area contributed by atoms with Gasteiger partial charge in [0.15, 0.2) is 0 Å². The maximum absolute atomic E-state index is 11.9. The van der Waals surface area contributed by atoms with E-state index < -0.39 is 10.0 Å². The van der Waals surface area contributed by atoms with Gasteiger partial charge in [-0.15, -0.1) is 0 Å². The molecule has 2 aromatic rings. The quantitative estimate of drug-likeness (QED) is 0.914. The van der Waals surface area contributed by atoms with Crippen molar-refractivity contribution in [3.63, 3.8) is 0 Å². The number of carbonyl (C=O) groups is 1. The van der Waals surface area contributed by atoms with Crippen LogP contribution in [0.15, 0.2) is 47.4 Å². The molecular formula is C15H14N2O3S. The summed E-state index contributed by atoms with van der Waals surface area (Å²) in [5, 5.41) is 5.26. The van der Waals surface area contributed by atoms with Crippen LogP contribution in [-0.2, 0) is 16.6 Å². The van der Waals surface area contributed by atoms with Crippen molar-refractivity contribution in [2.45, 2.75) is 11.4 Å². The molecule has 0 bridgehead atoms. The molecule has 6 heteroatoms. The van der Waals surface area contributed by atoms with E-state index in [0.29, 0.717) is 17.7 Å². The second-order valence-corrected chi connectivity index (χ2v) is 6.60. The van der Waals surface area contributed by atoms with Gasteiger partial charge in [-0.25, -0.2) is 13.6 Å². The number of rotatable bonds is 2. The van der Waals surface area contributed by atoms with E-state index in [2.05, 4.69) is 0 Å². The number of carbonyl (C=O) groups excluding carboxylic acids is 1. The molecule has 1 heterocycles. The molecule has 108 valence electrons. The van der Waals surface area contributed by atoms with E-state index in [1.807, 2.05) is 6.07 Å². The molecule has 1 aliphatic heterocycles. The Morgan fingerprint density at radius 3 is 2.52 bits per heavy atom. The summed E-state index contributed by atoms with van der Waals surface area (Å²) in [5.41, 5.74) is 2.84. The van der Waals surface area contributed by atoms with E-state index in [4.69, 9.17) is 5.14 Å². The molecular weight excluding hydrogens is 288 g/mol. The summed E-state index contributed by atoms with van der Waals surface area (Å²) in [5.74, 6) is -0.0173. The number of nitrogens with zero attached hydrogens (tertiary/aromatic N) is 1. The van der Waals surface area contributed by atoms with E-state index in [1.54, 1.807) is 42.3 Å². The summed E-state index contributed by atoms with van der Waals surface area (Å²) in [4.78, 5) is 13.6. The Balaban J connectivity index is 2.17. The Hall–Kier alpha value is -2.18. The predicted molar refractivity (Wildman–Crippen MR) is 79.0 cm³/mol. The van der Waals surface area contributed by atoms with Crippen LogP contribution in [0, 0.1) is 0 Å². The van der Waals surface area contributed by atoms with E-state index >= 15 is 0 Å². The van der Waals surface area contributed by atoms with Crippen LogP contribution in [0.3, 0.4) is 0 Å². The van der Waals surface area contributed by atoms with E-state index in [-0.39, 0.29) is 10.8 Å². The standard InChI is InChI=1S/C15H14N2O3S/c1-17-9-11-8-10(6-7-13(11)15(17)18)12-4-2-3-5-14(12)21(16,19)20/h2-8H,9H2,1H3,(H2,16,19,20). The van der Waals surface area contributed by atoms with Crippen molar-refractivity contribution in [1.82, 2.24) is 4.90 Å². The van der Waals surface area contributed by atoms with Crippen molar-refractivity contribution >= 4 is 15.9 Å². The summed E-state index contributed by atoms with van der Waals surface area (Å²) in [6.07, 6.45) is 0. The number of amides is 1. The lowest BCUT2D eigenvalue weighted by atomic mass is 10.0. The fraction of sp³-hybridized carbons (Fsp3) is 0.133. The highest BCUT2D eigenvalue weighted by molar-refractivity contribution is 7.89. The molecule has 2 aromatic carbocycles. The van der Waals surface area contributed by atoms with Crippen molar-refractivity contribution in [2.24, 2.45) is 5.14 Å². The largest absolute Gasteiger partial charge is 0.337 e. The molecule has 0 saturated carbocycles. The van der Waals surface area contributed by atoms with Gasteiger partial charge in [0.1, 0.15) is 0 Å². The summed E-state index contributed by atoms with van der Waals surface area (Å²) in [7, 11) is -2.06. The number of benzene rings is 2. The number of fused-ring (bicyclic) bond motifs is 1. The number of nitrogens with two attached hydrogens (primary N) is 1. The van der Waals surface area contributed by atoms with Crippen LogP contribution in [-0.4, -0.2) is 26.3 Å². The molecule has 21 heavy (non-hydrogen) atoms. The molecule has 0 radical (unpaired) electrons. The third-order valence-corrected chi connectivity index (χ3v) is 4.56. The average Bonchev–Trinajstić information content (AvgIpc) is 2.73. The van der Waals surface area contributed by atoms with Crippen LogP contribution in [0.4, 0.5) is 0 Å². The normalized spacial score (nSPS) is 14.4. The highest BCUT2D eigenvalue weighted by Gasteiger charge is 2.25. The minimum absolute atomic E-state index is 0.0173. The van der Waals surface area contributed by atoms with Gasteiger partial charge in [-0.1, -0.05) is 24.3 Å². The fourth-order valence-corrected chi connectivity index (χ4v) is 3.35. The van der Waals surface area contributed by atoms with Gasteiger partial charge in [-0.05, 0) is 29.3 Å². The maximum Gasteiger partial charge on any atom is 0.254 e. The maximum atomic E-state index is 11.9. The Morgan fingerprint density at radius 1 is 1.10 bits per heavy atom. The van der Waals surface area contributed by atoms with Gasteiger partial charge in [0, 0.05) is 24.7 Å². The van der Waals surface area contributed by atoms with Gasteiger partial charge in [0.2, 0.25) is 10.0 Å². The van der Waals surface area contributed by atoms with Crippen molar-refractivity contribution < 1.29 is 13.2 Å². The first-order valence-electron chi connectivity index (χ1n) is 6.38. The highest BCUT2D eigenvalue weighted by Crippen LogP contribution is 2.31. The van der Waals surface area contributed by atoms with Gasteiger partial charge >= 0.3 is 0 Å². The van der Waals surface area contributed by atoms with Gasteiger partial charge < -0.3 is 4.90 Å². The van der Waals surface area contributed by atoms with Crippen LogP contribution < -0.4 is 5.14 Å². The van der Waals surface area contributed by atoms with E-state index in [0.717, 1.165) is 11.1 Å². The van der Waals surface area contributed by atoms with Crippen molar-refractivity contribution in [1.29, 1.82) is 0 Å². The van der Waals surface area contributed by atoms with Gasteiger partial charge in [0.25, 0.3) is 5.91 Å². The van der Waals surface area contributed by atoms with Crippen LogP contribution in [0.2, 0.25) is 0 Å². The van der Waals surface area contributed by atoms with Crippen molar-refractivity contribution in [3.05, 3.63) is 53.6 Å². The second-order valence-electron chi connectivity index (χ2n) is 5.07. The third-order valence-electron chi connectivity index (χ3n) is 3.59. The number of primary sulfonamides is 1. The van der Waals surface area contributed by atoms with Crippen LogP contribution in [0.25, 0.3) is 11.1 Å². The Morgan fingerprint density at radius 2 is 1.81 bits per heavy atom. The SMILES string of the molecule is CN1Cc2cc(-c3ccccc3S(N)(=O)=O)ccc2C1=O. The molecule has 1 amide bonds. The fourth-order valence-electron chi connectivity index (χ4n) is 2.59. The Kier molecular flexibility index (Phi) is 3.07. The summed E-state index contributed by atoms with van der Waals surface area (Å²) < 4.78 is 23.4. The summed E-state index contributed by atoms with van der Waals surface area (Å²) >= 11 is 0. The molecule has 0 atom stereocenters. The van der Waals surface area contributed by atoms with Gasteiger partial charge in [-0.2, -0.15) is 0 Å². The van der Waals surface area contributed by atoms with Crippen molar-refractivity contribution in [3.8, 4) is 11.1 Å². The van der Waals surface area contributed by atoms with Gasteiger partial charge in [0.05, 0.1) is 4.90 Å². The van der Waals surface area contributed by atoms with Crippen LogP contribution in [0.1, 0.15) is 15.9 Å². The zero-order valence-corrected chi connectivity index (χ0v) is 12.2. The van der Waals surface area contributed by atoms with Gasteiger partial charge in [-0.3, -0.25) is 4.79 Å². The van der Waals surface area contributed by atoms with E-state index in [9.17, 15) is 13.2 Å². The lowest BCUT2D eigenvalue weighted by molar-refractivity contribution is 0.0816. The molecule has 5 nitrogen and oxygen atoms in total. The topological polar surface area (TPSA) is 80.5 Å². The molecule has 0 aromatic heterocycles. The zero-order valence-electron chi connectivity index (χ0n) is 11.4. The second kappa shape index (κ2) is 4.68. The molecule has 0 saturated heterocycles. The minimum atomic E-state index is -3.79. The number of sulfonamides is 1. The lowest BCUT2D eigenvalue weighted by Crippen LogP contribution is -2.17.